The third-order valence-corrected chi connectivity index (χ3v) is 6.72. The quantitative estimate of drug-likeness (QED) is 0.338. The fourth-order valence-corrected chi connectivity index (χ4v) is 4.88. The standard InChI is InChI=1S/C28H35N7O2/c1-4-30-28(37)33-27(29)32-25-12-11-20(16-23(25)24-10-6-7-13-31-24)21-15-19(3)35(26(36)17-21)18-22-9-8-14-34(22)5-2/h6-7,10-13,15-17,22H,4-5,8-9,14,18H2,1-3H3,(H4,29,30,32,33,37). The molecule has 3 aromatic rings. The Hall–Kier alpha value is -3.98. The lowest BCUT2D eigenvalue weighted by molar-refractivity contribution is 0.241. The molecule has 4 N–H and O–H groups in total. The van der Waals surface area contributed by atoms with Gasteiger partial charge in [-0.2, -0.15) is 0 Å². The maximum Gasteiger partial charge on any atom is 0.321 e. The number of carbonyl (C=O) groups is 1. The zero-order chi connectivity index (χ0) is 26.4. The first-order valence-corrected chi connectivity index (χ1v) is 12.8. The molecule has 9 nitrogen and oxygen atoms in total. The number of hydrogen-bond acceptors (Lipinski definition) is 5. The van der Waals surface area contributed by atoms with Crippen molar-refractivity contribution >= 4 is 17.7 Å². The van der Waals surface area contributed by atoms with Crippen molar-refractivity contribution in [3.63, 3.8) is 0 Å². The summed E-state index contributed by atoms with van der Waals surface area (Å²) >= 11 is 0. The van der Waals surface area contributed by atoms with Crippen molar-refractivity contribution in [3.05, 3.63) is 70.8 Å². The molecule has 194 valence electrons. The summed E-state index contributed by atoms with van der Waals surface area (Å²) in [5.74, 6) is -0.0256. The zero-order valence-corrected chi connectivity index (χ0v) is 21.7. The number of carbonyl (C=O) groups excluding carboxylic acids is 1. The van der Waals surface area contributed by atoms with Gasteiger partial charge in [-0.3, -0.25) is 20.0 Å². The molecule has 0 saturated carbocycles. The number of nitrogens with zero attached hydrogens (tertiary/aromatic N) is 4. The minimum atomic E-state index is -0.421. The van der Waals surface area contributed by atoms with Gasteiger partial charge in [0.1, 0.15) is 0 Å². The third kappa shape index (κ3) is 6.24. The molecule has 0 bridgehead atoms. The fraction of sp³-hybridized carbons (Fsp3) is 0.357. The van der Waals surface area contributed by atoms with Gasteiger partial charge in [-0.1, -0.05) is 19.1 Å². The van der Waals surface area contributed by atoms with Crippen LogP contribution in [0.4, 0.5) is 10.5 Å². The Labute approximate surface area is 217 Å². The van der Waals surface area contributed by atoms with Crippen LogP contribution in [0.3, 0.4) is 0 Å². The Kier molecular flexibility index (Phi) is 8.35. The molecule has 3 heterocycles. The molecular formula is C28H35N7O2. The van der Waals surface area contributed by atoms with Crippen LogP contribution in [-0.2, 0) is 6.54 Å². The number of rotatable bonds is 7. The van der Waals surface area contributed by atoms with E-state index < -0.39 is 6.03 Å². The number of benzene rings is 1. The fourth-order valence-electron chi connectivity index (χ4n) is 4.88. The second-order valence-electron chi connectivity index (χ2n) is 9.19. The van der Waals surface area contributed by atoms with E-state index >= 15 is 0 Å². The molecule has 9 heteroatoms. The summed E-state index contributed by atoms with van der Waals surface area (Å²) < 4.78 is 1.88. The molecule has 2 aromatic heterocycles. The number of nitrogens with two attached hydrogens (primary N) is 1. The summed E-state index contributed by atoms with van der Waals surface area (Å²) in [6.07, 6.45) is 4.01. The molecule has 0 radical (unpaired) electrons. The van der Waals surface area contributed by atoms with Gasteiger partial charge in [0, 0.05) is 42.7 Å². The molecule has 4 rings (SSSR count). The molecule has 1 aliphatic heterocycles. The van der Waals surface area contributed by atoms with Crippen LogP contribution < -0.4 is 21.9 Å². The van der Waals surface area contributed by atoms with Crippen LogP contribution in [-0.4, -0.2) is 52.1 Å². The highest BCUT2D eigenvalue weighted by atomic mass is 16.2. The van der Waals surface area contributed by atoms with Crippen molar-refractivity contribution in [1.82, 2.24) is 25.1 Å². The summed E-state index contributed by atoms with van der Waals surface area (Å²) in [7, 11) is 0. The summed E-state index contributed by atoms with van der Waals surface area (Å²) in [6.45, 7) is 9.27. The predicted octanol–water partition coefficient (Wildman–Crippen LogP) is 3.64. The Morgan fingerprint density at radius 1 is 1.16 bits per heavy atom. The lowest BCUT2D eigenvalue weighted by atomic mass is 10.00. The van der Waals surface area contributed by atoms with Gasteiger partial charge in [0.25, 0.3) is 5.56 Å². The maximum absolute atomic E-state index is 13.2. The monoisotopic (exact) mass is 501 g/mol. The first kappa shape index (κ1) is 26.1. The van der Waals surface area contributed by atoms with Crippen molar-refractivity contribution < 1.29 is 4.79 Å². The normalized spacial score (nSPS) is 16.1. The van der Waals surface area contributed by atoms with Crippen molar-refractivity contribution in [3.8, 4) is 22.4 Å². The highest BCUT2D eigenvalue weighted by Gasteiger charge is 2.24. The van der Waals surface area contributed by atoms with Gasteiger partial charge in [-0.25, -0.2) is 9.79 Å². The van der Waals surface area contributed by atoms with Crippen LogP contribution in [0.25, 0.3) is 22.4 Å². The smallest absolute Gasteiger partial charge is 0.321 e. The number of aryl methyl sites for hydroxylation is 1. The highest BCUT2D eigenvalue weighted by Crippen LogP contribution is 2.33. The summed E-state index contributed by atoms with van der Waals surface area (Å²) in [6, 6.07) is 15.0. The van der Waals surface area contributed by atoms with E-state index in [0.717, 1.165) is 41.9 Å². The average Bonchev–Trinajstić information content (AvgIpc) is 3.34. The van der Waals surface area contributed by atoms with E-state index in [2.05, 4.69) is 38.5 Å². The molecule has 37 heavy (non-hydrogen) atoms. The van der Waals surface area contributed by atoms with Crippen molar-refractivity contribution in [2.75, 3.05) is 19.6 Å². The van der Waals surface area contributed by atoms with Crippen LogP contribution in [0.2, 0.25) is 0 Å². The molecule has 1 fully saturated rings. The molecule has 2 amide bonds. The molecule has 1 aromatic carbocycles. The van der Waals surface area contributed by atoms with Crippen molar-refractivity contribution in [2.24, 2.45) is 10.7 Å². The number of aromatic nitrogens is 2. The summed E-state index contributed by atoms with van der Waals surface area (Å²) in [5, 5.41) is 5.15. The minimum absolute atomic E-state index is 0.00480. The number of likely N-dealkylation sites (N-methyl/N-ethyl adjacent to an activating group) is 1. The number of nitrogens with one attached hydrogen (secondary N) is 2. The summed E-state index contributed by atoms with van der Waals surface area (Å²) in [5.41, 5.74) is 10.6. The van der Waals surface area contributed by atoms with Crippen LogP contribution in [0.5, 0.6) is 0 Å². The SMILES string of the molecule is CCNC(=O)NC(N)=Nc1ccc(-c2cc(C)n(CC3CCCN3CC)c(=O)c2)cc1-c1ccccn1. The van der Waals surface area contributed by atoms with Gasteiger partial charge in [0.05, 0.1) is 11.4 Å². The lowest BCUT2D eigenvalue weighted by Gasteiger charge is -2.24. The number of likely N-dealkylation sites (tertiary alicyclic amines) is 1. The van der Waals surface area contributed by atoms with E-state index in [9.17, 15) is 9.59 Å². The number of urea groups is 1. The van der Waals surface area contributed by atoms with E-state index in [1.807, 2.05) is 54.8 Å². The van der Waals surface area contributed by atoms with Gasteiger partial charge >= 0.3 is 6.03 Å². The molecule has 1 aliphatic rings. The Morgan fingerprint density at radius 2 is 2.00 bits per heavy atom. The van der Waals surface area contributed by atoms with E-state index in [4.69, 9.17) is 5.73 Å². The topological polar surface area (TPSA) is 118 Å². The van der Waals surface area contributed by atoms with E-state index in [-0.39, 0.29) is 11.5 Å². The van der Waals surface area contributed by atoms with Gasteiger partial charge in [-0.15, -0.1) is 0 Å². The van der Waals surface area contributed by atoms with Gasteiger partial charge in [-0.05, 0) is 81.2 Å². The average molecular weight is 502 g/mol. The third-order valence-electron chi connectivity index (χ3n) is 6.72. The van der Waals surface area contributed by atoms with Crippen molar-refractivity contribution in [1.29, 1.82) is 0 Å². The number of guanidine groups is 1. The maximum atomic E-state index is 13.2. The van der Waals surface area contributed by atoms with Crippen LogP contribution in [0.15, 0.2) is 64.5 Å². The minimum Gasteiger partial charge on any atom is -0.369 e. The van der Waals surface area contributed by atoms with E-state index in [1.54, 1.807) is 12.3 Å². The Balaban J connectivity index is 1.69. The van der Waals surface area contributed by atoms with E-state index in [1.165, 1.54) is 6.42 Å². The van der Waals surface area contributed by atoms with Crippen LogP contribution >= 0.6 is 0 Å². The van der Waals surface area contributed by atoms with Crippen LogP contribution in [0, 0.1) is 6.92 Å². The number of amides is 2. The van der Waals surface area contributed by atoms with Gasteiger partial charge in [0.15, 0.2) is 0 Å². The zero-order valence-electron chi connectivity index (χ0n) is 21.7. The van der Waals surface area contributed by atoms with E-state index in [0.29, 0.717) is 30.5 Å². The summed E-state index contributed by atoms with van der Waals surface area (Å²) in [4.78, 5) is 36.4. The number of aliphatic imine (C=N–C) groups is 1. The first-order chi connectivity index (χ1) is 17.9. The Morgan fingerprint density at radius 3 is 2.70 bits per heavy atom. The molecule has 0 aliphatic carbocycles. The largest absolute Gasteiger partial charge is 0.369 e. The first-order valence-electron chi connectivity index (χ1n) is 12.8. The van der Waals surface area contributed by atoms with Gasteiger partial charge < -0.3 is 15.6 Å². The molecule has 1 saturated heterocycles. The van der Waals surface area contributed by atoms with Crippen LogP contribution in [0.1, 0.15) is 32.4 Å². The second-order valence-corrected chi connectivity index (χ2v) is 9.19. The molecule has 1 unspecified atom stereocenters. The molecule has 1 atom stereocenters. The number of pyridine rings is 2. The number of hydrogen-bond donors (Lipinski definition) is 3. The molecular weight excluding hydrogens is 466 g/mol. The molecule has 0 spiro atoms. The predicted molar refractivity (Wildman–Crippen MR) is 148 cm³/mol. The Bertz CT molecular complexity index is 1330. The lowest BCUT2D eigenvalue weighted by Crippen LogP contribution is -2.43. The van der Waals surface area contributed by atoms with Gasteiger partial charge in [0.2, 0.25) is 5.96 Å². The highest BCUT2D eigenvalue weighted by molar-refractivity contribution is 5.97. The second kappa shape index (κ2) is 11.8. The van der Waals surface area contributed by atoms with Crippen molar-refractivity contribution in [2.45, 2.75) is 46.2 Å².